The second-order valence-corrected chi connectivity index (χ2v) is 5.75. The monoisotopic (exact) mass is 290 g/mol. The minimum Gasteiger partial charge on any atom is -0.207 e. The molecule has 2 atom stereocenters. The summed E-state index contributed by atoms with van der Waals surface area (Å²) in [4.78, 5) is 0. The second kappa shape index (κ2) is 4.84. The van der Waals surface area contributed by atoms with Gasteiger partial charge in [-0.3, -0.25) is 0 Å². The van der Waals surface area contributed by atoms with Crippen LogP contribution >= 0.6 is 27.5 Å². The van der Waals surface area contributed by atoms with Crippen LogP contribution in [0.5, 0.6) is 0 Å². The Morgan fingerprint density at radius 2 is 2.20 bits per heavy atom. The van der Waals surface area contributed by atoms with Gasteiger partial charge in [0.2, 0.25) is 0 Å². The first-order valence-corrected chi connectivity index (χ1v) is 6.46. The molecule has 1 aliphatic carbocycles. The van der Waals surface area contributed by atoms with Crippen LogP contribution in [-0.2, 0) is 6.42 Å². The van der Waals surface area contributed by atoms with Crippen LogP contribution in [0, 0.1) is 11.7 Å². The van der Waals surface area contributed by atoms with Gasteiger partial charge >= 0.3 is 0 Å². The van der Waals surface area contributed by atoms with Gasteiger partial charge in [-0.2, -0.15) is 0 Å². The maximum absolute atomic E-state index is 13.5. The van der Waals surface area contributed by atoms with Crippen molar-refractivity contribution in [3.05, 3.63) is 34.1 Å². The summed E-state index contributed by atoms with van der Waals surface area (Å²) in [5, 5.41) is 0.296. The summed E-state index contributed by atoms with van der Waals surface area (Å²) in [6.45, 7) is 0. The fraction of sp³-hybridized carbons (Fsp3) is 0.500. The molecule has 15 heavy (non-hydrogen) atoms. The lowest BCUT2D eigenvalue weighted by Crippen LogP contribution is -2.02. The normalized spacial score (nSPS) is 25.8. The van der Waals surface area contributed by atoms with Crippen molar-refractivity contribution in [3.63, 3.8) is 0 Å². The molecular weight excluding hydrogens is 278 g/mol. The maximum atomic E-state index is 13.5. The smallest absolute Gasteiger partial charge is 0.126 e. The molecule has 0 N–H and O–H groups in total. The zero-order valence-corrected chi connectivity index (χ0v) is 10.7. The number of hydrogen-bond acceptors (Lipinski definition) is 0. The van der Waals surface area contributed by atoms with E-state index in [1.165, 1.54) is 6.07 Å². The molecule has 0 saturated heterocycles. The number of alkyl halides is 1. The molecule has 2 rings (SSSR count). The average molecular weight is 292 g/mol. The van der Waals surface area contributed by atoms with E-state index >= 15 is 0 Å². The number of halogens is 3. The molecule has 2 unspecified atom stereocenters. The first-order valence-electron chi connectivity index (χ1n) is 5.23. The van der Waals surface area contributed by atoms with Crippen LogP contribution in [-0.4, -0.2) is 5.38 Å². The molecule has 82 valence electrons. The largest absolute Gasteiger partial charge is 0.207 e. The molecule has 3 heteroatoms. The Kier molecular flexibility index (Phi) is 3.68. The van der Waals surface area contributed by atoms with Crippen molar-refractivity contribution in [2.24, 2.45) is 5.92 Å². The lowest BCUT2D eigenvalue weighted by molar-refractivity contribution is 0.521. The van der Waals surface area contributed by atoms with E-state index in [0.717, 1.165) is 35.7 Å². The van der Waals surface area contributed by atoms with E-state index in [9.17, 15) is 4.39 Å². The number of benzene rings is 1. The summed E-state index contributed by atoms with van der Waals surface area (Å²) >= 11 is 9.41. The van der Waals surface area contributed by atoms with Gasteiger partial charge in [0.15, 0.2) is 0 Å². The Bertz CT molecular complexity index is 353. The van der Waals surface area contributed by atoms with E-state index in [2.05, 4.69) is 15.9 Å². The Morgan fingerprint density at radius 3 is 2.87 bits per heavy atom. The Labute approximate surface area is 103 Å². The van der Waals surface area contributed by atoms with Crippen LogP contribution in [0.25, 0.3) is 0 Å². The predicted octanol–water partition coefficient (Wildman–Crippen LogP) is 4.54. The molecule has 1 fully saturated rings. The Hall–Kier alpha value is -0.0800. The van der Waals surface area contributed by atoms with Gasteiger partial charge in [0.05, 0.1) is 0 Å². The highest BCUT2D eigenvalue weighted by atomic mass is 79.9. The maximum Gasteiger partial charge on any atom is 0.126 e. The van der Waals surface area contributed by atoms with E-state index in [1.54, 1.807) is 6.07 Å². The van der Waals surface area contributed by atoms with Gasteiger partial charge in [-0.15, -0.1) is 11.6 Å². The van der Waals surface area contributed by atoms with Gasteiger partial charge in [0, 0.05) is 9.85 Å². The number of hydrogen-bond donors (Lipinski definition) is 0. The second-order valence-electron chi connectivity index (χ2n) is 4.22. The summed E-state index contributed by atoms with van der Waals surface area (Å²) < 4.78 is 14.4. The zero-order chi connectivity index (χ0) is 10.8. The molecule has 1 aromatic rings. The first kappa shape index (κ1) is 11.4. The molecular formula is C12H13BrClF. The van der Waals surface area contributed by atoms with Gasteiger partial charge < -0.3 is 0 Å². The summed E-state index contributed by atoms with van der Waals surface area (Å²) in [5.41, 5.74) is 0.806. The molecule has 0 aromatic heterocycles. The lowest BCUT2D eigenvalue weighted by Gasteiger charge is -2.10. The minimum absolute atomic E-state index is 0.101. The van der Waals surface area contributed by atoms with Crippen molar-refractivity contribution < 1.29 is 4.39 Å². The molecule has 0 radical (unpaired) electrons. The van der Waals surface area contributed by atoms with E-state index in [1.807, 2.05) is 6.07 Å². The van der Waals surface area contributed by atoms with Crippen molar-refractivity contribution in [1.29, 1.82) is 0 Å². The topological polar surface area (TPSA) is 0 Å². The molecule has 0 bridgehead atoms. The summed E-state index contributed by atoms with van der Waals surface area (Å²) in [6, 6.07) is 5.13. The highest BCUT2D eigenvalue weighted by Gasteiger charge is 2.23. The van der Waals surface area contributed by atoms with E-state index in [-0.39, 0.29) is 5.82 Å². The van der Waals surface area contributed by atoms with Crippen LogP contribution in [0.3, 0.4) is 0 Å². The first-order chi connectivity index (χ1) is 7.15. The standard InChI is InChI=1S/C12H13BrClF/c13-10-2-4-12(15)9(7-10)5-8-1-3-11(14)6-8/h2,4,7-8,11H,1,3,5-6H2. The van der Waals surface area contributed by atoms with Crippen LogP contribution in [0.15, 0.2) is 22.7 Å². The highest BCUT2D eigenvalue weighted by molar-refractivity contribution is 9.10. The average Bonchev–Trinajstić information content (AvgIpc) is 2.58. The third kappa shape index (κ3) is 2.94. The predicted molar refractivity (Wildman–Crippen MR) is 64.8 cm³/mol. The minimum atomic E-state index is -0.101. The molecule has 0 nitrogen and oxygen atoms in total. The van der Waals surface area contributed by atoms with Gasteiger partial charge in [-0.25, -0.2) is 4.39 Å². The van der Waals surface area contributed by atoms with Crippen molar-refractivity contribution in [2.75, 3.05) is 0 Å². The van der Waals surface area contributed by atoms with Crippen molar-refractivity contribution in [2.45, 2.75) is 31.1 Å². The molecule has 1 aliphatic rings. The summed E-state index contributed by atoms with van der Waals surface area (Å²) in [7, 11) is 0. The third-order valence-electron chi connectivity index (χ3n) is 2.99. The fourth-order valence-electron chi connectivity index (χ4n) is 2.21. The summed E-state index contributed by atoms with van der Waals surface area (Å²) in [6.07, 6.45) is 4.03. The van der Waals surface area contributed by atoms with Crippen LogP contribution in [0.4, 0.5) is 4.39 Å². The van der Waals surface area contributed by atoms with Crippen LogP contribution in [0.2, 0.25) is 0 Å². The molecule has 0 spiro atoms. The van der Waals surface area contributed by atoms with Gasteiger partial charge in [0.1, 0.15) is 5.82 Å². The van der Waals surface area contributed by atoms with Crippen molar-refractivity contribution in [3.8, 4) is 0 Å². The molecule has 0 aliphatic heterocycles. The number of rotatable bonds is 2. The quantitative estimate of drug-likeness (QED) is 0.702. The molecule has 0 heterocycles. The van der Waals surface area contributed by atoms with Crippen molar-refractivity contribution in [1.82, 2.24) is 0 Å². The van der Waals surface area contributed by atoms with Gasteiger partial charge in [0.25, 0.3) is 0 Å². The van der Waals surface area contributed by atoms with Gasteiger partial charge in [-0.1, -0.05) is 15.9 Å². The fourth-order valence-corrected chi connectivity index (χ4v) is 3.00. The summed E-state index contributed by atoms with van der Waals surface area (Å²) in [5.74, 6) is 0.451. The van der Waals surface area contributed by atoms with Crippen molar-refractivity contribution >= 4 is 27.5 Å². The van der Waals surface area contributed by atoms with Crippen LogP contribution in [0.1, 0.15) is 24.8 Å². The molecule has 0 amide bonds. The Morgan fingerprint density at radius 1 is 1.40 bits per heavy atom. The third-order valence-corrected chi connectivity index (χ3v) is 3.88. The zero-order valence-electron chi connectivity index (χ0n) is 8.35. The van der Waals surface area contributed by atoms with Crippen LogP contribution < -0.4 is 0 Å². The Balaban J connectivity index is 2.07. The van der Waals surface area contributed by atoms with E-state index in [4.69, 9.17) is 11.6 Å². The SMILES string of the molecule is Fc1ccc(Br)cc1CC1CCC(Cl)C1. The van der Waals surface area contributed by atoms with E-state index < -0.39 is 0 Å². The highest BCUT2D eigenvalue weighted by Crippen LogP contribution is 2.32. The lowest BCUT2D eigenvalue weighted by atomic mass is 9.98. The van der Waals surface area contributed by atoms with Gasteiger partial charge in [-0.05, 0) is 55.4 Å². The molecule has 1 saturated carbocycles. The van der Waals surface area contributed by atoms with E-state index in [0.29, 0.717) is 11.3 Å². The molecule has 1 aromatic carbocycles.